The van der Waals surface area contributed by atoms with Gasteiger partial charge in [-0.15, -0.1) is 0 Å². The number of nitrogens with one attached hydrogen (secondary N) is 1. The van der Waals surface area contributed by atoms with Crippen molar-refractivity contribution in [1.82, 2.24) is 10.2 Å². The molecule has 0 bridgehead atoms. The van der Waals surface area contributed by atoms with E-state index in [0.717, 1.165) is 18.4 Å². The molecule has 1 saturated heterocycles. The highest BCUT2D eigenvalue weighted by Crippen LogP contribution is 2.43. The first-order valence-corrected chi connectivity index (χ1v) is 7.00. The molecule has 1 heterocycles. The first-order chi connectivity index (χ1) is 7.50. The minimum atomic E-state index is 0.358. The number of hydrogen-bond acceptors (Lipinski definition) is 2. The van der Waals surface area contributed by atoms with Gasteiger partial charge >= 0.3 is 0 Å². The monoisotopic (exact) mass is 222 g/mol. The van der Waals surface area contributed by atoms with Gasteiger partial charge in [0.05, 0.1) is 0 Å². The first-order valence-electron chi connectivity index (χ1n) is 7.00. The Morgan fingerprint density at radius 1 is 1.12 bits per heavy atom. The second-order valence-electron chi connectivity index (χ2n) is 7.18. The predicted octanol–water partition coefficient (Wildman–Crippen LogP) is 2.25. The highest BCUT2D eigenvalue weighted by Gasteiger charge is 2.48. The average Bonchev–Trinajstić information content (AvgIpc) is 3.01. The molecule has 1 aliphatic heterocycles. The molecule has 0 radical (unpaired) electrons. The van der Waals surface area contributed by atoms with Crippen molar-refractivity contribution in [3.05, 3.63) is 0 Å². The largest absolute Gasteiger partial charge is 0.308 e. The van der Waals surface area contributed by atoms with Crippen LogP contribution in [0.15, 0.2) is 0 Å². The summed E-state index contributed by atoms with van der Waals surface area (Å²) in [6.07, 6.45) is 5.84. The molecule has 0 amide bonds. The fraction of sp³-hybridized carbons (Fsp3) is 1.00. The zero-order valence-corrected chi connectivity index (χ0v) is 11.1. The van der Waals surface area contributed by atoms with Gasteiger partial charge in [0.25, 0.3) is 0 Å². The molecule has 3 aliphatic rings. The van der Waals surface area contributed by atoms with Gasteiger partial charge in [0.15, 0.2) is 0 Å². The van der Waals surface area contributed by atoms with Crippen LogP contribution in [-0.4, -0.2) is 35.6 Å². The third kappa shape index (κ3) is 2.02. The van der Waals surface area contributed by atoms with Crippen molar-refractivity contribution in [3.8, 4) is 0 Å². The molecule has 2 nitrogen and oxygen atoms in total. The topological polar surface area (TPSA) is 15.3 Å². The Hall–Kier alpha value is -0.0800. The van der Waals surface area contributed by atoms with Crippen LogP contribution in [0, 0.1) is 11.8 Å². The predicted molar refractivity (Wildman–Crippen MR) is 67.5 cm³/mol. The first kappa shape index (κ1) is 11.0. The highest BCUT2D eigenvalue weighted by molar-refractivity contribution is 5.07. The lowest BCUT2D eigenvalue weighted by atomic mass is 9.86. The van der Waals surface area contributed by atoms with E-state index in [1.54, 1.807) is 0 Å². The lowest BCUT2D eigenvalue weighted by Gasteiger charge is -2.51. The van der Waals surface area contributed by atoms with Crippen molar-refractivity contribution in [2.75, 3.05) is 19.6 Å². The molecule has 0 aromatic heterocycles. The van der Waals surface area contributed by atoms with E-state index in [4.69, 9.17) is 0 Å². The molecule has 2 heteroatoms. The number of hydrogen-bond donors (Lipinski definition) is 1. The second-order valence-corrected chi connectivity index (χ2v) is 7.18. The molecule has 0 aromatic rings. The maximum absolute atomic E-state index is 3.83. The zero-order valence-electron chi connectivity index (χ0n) is 11.1. The van der Waals surface area contributed by atoms with Crippen LogP contribution in [-0.2, 0) is 0 Å². The van der Waals surface area contributed by atoms with Gasteiger partial charge in [-0.1, -0.05) is 0 Å². The fourth-order valence-electron chi connectivity index (χ4n) is 3.11. The third-order valence-electron chi connectivity index (χ3n) is 4.95. The summed E-state index contributed by atoms with van der Waals surface area (Å²) in [6.45, 7) is 11.0. The summed E-state index contributed by atoms with van der Waals surface area (Å²) in [5.74, 6) is 1.96. The summed E-state index contributed by atoms with van der Waals surface area (Å²) in [6, 6.07) is 0. The van der Waals surface area contributed by atoms with Crippen LogP contribution in [0.4, 0.5) is 0 Å². The van der Waals surface area contributed by atoms with Crippen molar-refractivity contribution in [3.63, 3.8) is 0 Å². The molecule has 1 unspecified atom stereocenters. The van der Waals surface area contributed by atoms with Crippen LogP contribution in [0.1, 0.15) is 46.5 Å². The average molecular weight is 222 g/mol. The quantitative estimate of drug-likeness (QED) is 0.788. The van der Waals surface area contributed by atoms with Crippen LogP contribution >= 0.6 is 0 Å². The van der Waals surface area contributed by atoms with Gasteiger partial charge in [-0.05, 0) is 58.3 Å². The molecule has 3 fully saturated rings. The molecule has 1 N–H and O–H groups in total. The summed E-state index contributed by atoms with van der Waals surface area (Å²) in [4.78, 5) is 2.76. The summed E-state index contributed by atoms with van der Waals surface area (Å²) < 4.78 is 0. The molecule has 2 aliphatic carbocycles. The Kier molecular flexibility index (Phi) is 2.38. The molecule has 0 aromatic carbocycles. The lowest BCUT2D eigenvalue weighted by Crippen LogP contribution is -2.68. The maximum Gasteiger partial charge on any atom is 0.0309 e. The Labute approximate surface area is 99.8 Å². The summed E-state index contributed by atoms with van der Waals surface area (Å²) in [5, 5.41) is 3.83. The van der Waals surface area contributed by atoms with Gasteiger partial charge in [0.2, 0.25) is 0 Å². The Morgan fingerprint density at radius 3 is 2.38 bits per heavy atom. The molecule has 16 heavy (non-hydrogen) atoms. The third-order valence-corrected chi connectivity index (χ3v) is 4.95. The van der Waals surface area contributed by atoms with E-state index in [0.29, 0.717) is 11.1 Å². The van der Waals surface area contributed by atoms with Crippen LogP contribution in [0.2, 0.25) is 0 Å². The van der Waals surface area contributed by atoms with Crippen molar-refractivity contribution in [2.24, 2.45) is 11.8 Å². The van der Waals surface area contributed by atoms with Crippen molar-refractivity contribution < 1.29 is 0 Å². The highest BCUT2D eigenvalue weighted by atomic mass is 15.3. The molecule has 0 spiro atoms. The van der Waals surface area contributed by atoms with E-state index in [1.807, 2.05) is 0 Å². The van der Waals surface area contributed by atoms with Crippen molar-refractivity contribution >= 4 is 0 Å². The standard InChI is InChI=1S/C14H26N2/c1-13(2)9-15-14(3,12-6-7-12)10-16(13)8-11-4-5-11/h11-12,15H,4-10H2,1-3H3. The Morgan fingerprint density at radius 2 is 1.81 bits per heavy atom. The van der Waals surface area contributed by atoms with E-state index in [1.165, 1.54) is 38.8 Å². The van der Waals surface area contributed by atoms with Crippen LogP contribution in [0.5, 0.6) is 0 Å². The number of piperazine rings is 1. The van der Waals surface area contributed by atoms with Gasteiger partial charge in [0, 0.05) is 30.7 Å². The maximum atomic E-state index is 3.83. The van der Waals surface area contributed by atoms with E-state index in [9.17, 15) is 0 Å². The molecule has 1 atom stereocenters. The van der Waals surface area contributed by atoms with Crippen LogP contribution < -0.4 is 5.32 Å². The van der Waals surface area contributed by atoms with Crippen molar-refractivity contribution in [1.29, 1.82) is 0 Å². The van der Waals surface area contributed by atoms with Crippen LogP contribution in [0.3, 0.4) is 0 Å². The molecule has 92 valence electrons. The van der Waals surface area contributed by atoms with Crippen LogP contribution in [0.25, 0.3) is 0 Å². The molecular weight excluding hydrogens is 196 g/mol. The molecule has 2 saturated carbocycles. The van der Waals surface area contributed by atoms with Gasteiger partial charge in [-0.25, -0.2) is 0 Å². The SMILES string of the molecule is CC1(C2CC2)CN(CC2CC2)C(C)(C)CN1. The van der Waals surface area contributed by atoms with Gasteiger partial charge in [-0.2, -0.15) is 0 Å². The Balaban J connectivity index is 1.70. The van der Waals surface area contributed by atoms with Crippen molar-refractivity contribution in [2.45, 2.75) is 57.5 Å². The minimum Gasteiger partial charge on any atom is -0.308 e. The second kappa shape index (κ2) is 3.46. The summed E-state index contributed by atoms with van der Waals surface area (Å²) in [5.41, 5.74) is 0.765. The van der Waals surface area contributed by atoms with E-state index in [-0.39, 0.29) is 0 Å². The van der Waals surface area contributed by atoms with E-state index >= 15 is 0 Å². The fourth-order valence-corrected chi connectivity index (χ4v) is 3.11. The Bertz CT molecular complexity index is 278. The number of rotatable bonds is 3. The van der Waals surface area contributed by atoms with Gasteiger partial charge < -0.3 is 5.32 Å². The smallest absolute Gasteiger partial charge is 0.0309 e. The zero-order chi connectivity index (χ0) is 11.4. The van der Waals surface area contributed by atoms with Gasteiger partial charge in [0.1, 0.15) is 0 Å². The number of nitrogens with zero attached hydrogens (tertiary/aromatic N) is 1. The van der Waals surface area contributed by atoms with Gasteiger partial charge in [-0.3, -0.25) is 4.90 Å². The molecule has 3 rings (SSSR count). The van der Waals surface area contributed by atoms with E-state index in [2.05, 4.69) is 31.0 Å². The normalized spacial score (nSPS) is 39.9. The van der Waals surface area contributed by atoms with E-state index < -0.39 is 0 Å². The molecular formula is C14H26N2. The lowest BCUT2D eigenvalue weighted by molar-refractivity contribution is 0.0208. The summed E-state index contributed by atoms with van der Waals surface area (Å²) >= 11 is 0. The minimum absolute atomic E-state index is 0.358. The summed E-state index contributed by atoms with van der Waals surface area (Å²) in [7, 11) is 0.